The number of hydrogen-bond acceptors (Lipinski definition) is 1. The van der Waals surface area contributed by atoms with Crippen molar-refractivity contribution < 1.29 is 0 Å². The number of halogens is 1. The lowest BCUT2D eigenvalue weighted by Crippen LogP contribution is -1.88. The number of fused-ring (bicyclic) bond motifs is 1. The molecule has 2 rings (SSSR count). The van der Waals surface area contributed by atoms with Gasteiger partial charge in [-0.3, -0.25) is 0 Å². The Morgan fingerprint density at radius 3 is 2.43 bits per heavy atom. The van der Waals surface area contributed by atoms with Crippen LogP contribution < -0.4 is 0 Å². The number of aromatic nitrogens is 1. The van der Waals surface area contributed by atoms with Gasteiger partial charge in [-0.2, -0.15) is 0 Å². The number of nitrogens with zero attached hydrogens (tertiary/aromatic N) is 1. The fourth-order valence-corrected chi connectivity index (χ4v) is 2.09. The van der Waals surface area contributed by atoms with Gasteiger partial charge in [0.1, 0.15) is 5.15 Å². The molecule has 0 saturated heterocycles. The highest BCUT2D eigenvalue weighted by atomic mass is 35.5. The first-order valence-corrected chi connectivity index (χ1v) is 5.00. The first-order chi connectivity index (χ1) is 6.58. The average molecular weight is 206 g/mol. The van der Waals surface area contributed by atoms with Crippen molar-refractivity contribution >= 4 is 22.4 Å². The van der Waals surface area contributed by atoms with E-state index in [2.05, 4.69) is 37.0 Å². The fourth-order valence-electron chi connectivity index (χ4n) is 1.80. The van der Waals surface area contributed by atoms with E-state index in [9.17, 15) is 0 Å². The highest BCUT2D eigenvalue weighted by molar-refractivity contribution is 6.34. The summed E-state index contributed by atoms with van der Waals surface area (Å²) in [7, 11) is 0. The van der Waals surface area contributed by atoms with Crippen LogP contribution in [0.3, 0.4) is 0 Å². The van der Waals surface area contributed by atoms with Crippen molar-refractivity contribution in [2.45, 2.75) is 20.8 Å². The van der Waals surface area contributed by atoms with E-state index < -0.39 is 0 Å². The summed E-state index contributed by atoms with van der Waals surface area (Å²) in [5.41, 5.74) is 3.45. The maximum Gasteiger partial charge on any atom is 0.137 e. The second-order valence-electron chi connectivity index (χ2n) is 3.73. The minimum atomic E-state index is 0.604. The maximum absolute atomic E-state index is 6.10. The summed E-state index contributed by atoms with van der Waals surface area (Å²) >= 11 is 6.10. The summed E-state index contributed by atoms with van der Waals surface area (Å²) in [6, 6.07) is 6.32. The SMILES string of the molecule is Cc1cc(C)c2cc(C)nc(Cl)c2c1. The Morgan fingerprint density at radius 2 is 1.71 bits per heavy atom. The first-order valence-electron chi connectivity index (χ1n) is 4.62. The molecule has 1 nitrogen and oxygen atoms in total. The Kier molecular flexibility index (Phi) is 2.20. The lowest BCUT2D eigenvalue weighted by Gasteiger charge is -2.06. The van der Waals surface area contributed by atoms with Gasteiger partial charge >= 0.3 is 0 Å². The van der Waals surface area contributed by atoms with E-state index in [1.165, 1.54) is 16.5 Å². The fraction of sp³-hybridized carbons (Fsp3) is 0.250. The normalized spacial score (nSPS) is 10.9. The molecule has 0 unspecified atom stereocenters. The summed E-state index contributed by atoms with van der Waals surface area (Å²) in [5.74, 6) is 0. The molecule has 0 aliphatic carbocycles. The van der Waals surface area contributed by atoms with Crippen LogP contribution in [0.2, 0.25) is 5.15 Å². The van der Waals surface area contributed by atoms with E-state index in [0.717, 1.165) is 11.1 Å². The lowest BCUT2D eigenvalue weighted by atomic mass is 10.0. The van der Waals surface area contributed by atoms with E-state index >= 15 is 0 Å². The third kappa shape index (κ3) is 1.48. The van der Waals surface area contributed by atoms with Gasteiger partial charge in [-0.05, 0) is 43.9 Å². The molecular formula is C12H12ClN. The molecule has 1 aromatic carbocycles. The zero-order valence-electron chi connectivity index (χ0n) is 8.56. The van der Waals surface area contributed by atoms with Crippen molar-refractivity contribution in [3.05, 3.63) is 40.2 Å². The van der Waals surface area contributed by atoms with Gasteiger partial charge < -0.3 is 0 Å². The number of benzene rings is 1. The van der Waals surface area contributed by atoms with Crippen molar-refractivity contribution in [3.63, 3.8) is 0 Å². The molecule has 0 saturated carbocycles. The molecule has 2 aromatic rings. The Labute approximate surface area is 88.7 Å². The van der Waals surface area contributed by atoms with Crippen LogP contribution in [0.4, 0.5) is 0 Å². The maximum atomic E-state index is 6.10. The van der Waals surface area contributed by atoms with Crippen molar-refractivity contribution in [2.75, 3.05) is 0 Å². The van der Waals surface area contributed by atoms with Crippen LogP contribution in [0.15, 0.2) is 18.2 Å². The summed E-state index contributed by atoms with van der Waals surface area (Å²) in [4.78, 5) is 4.25. The second-order valence-corrected chi connectivity index (χ2v) is 4.09. The number of rotatable bonds is 0. The Hall–Kier alpha value is -1.08. The lowest BCUT2D eigenvalue weighted by molar-refractivity contribution is 1.22. The summed E-state index contributed by atoms with van der Waals surface area (Å²) in [6.07, 6.45) is 0. The van der Waals surface area contributed by atoms with Gasteiger partial charge in [0.05, 0.1) is 0 Å². The van der Waals surface area contributed by atoms with Crippen molar-refractivity contribution in [2.24, 2.45) is 0 Å². The van der Waals surface area contributed by atoms with Gasteiger partial charge in [-0.1, -0.05) is 23.2 Å². The van der Waals surface area contributed by atoms with Crippen LogP contribution in [-0.4, -0.2) is 4.98 Å². The van der Waals surface area contributed by atoms with Crippen molar-refractivity contribution in [3.8, 4) is 0 Å². The van der Waals surface area contributed by atoms with E-state index in [-0.39, 0.29) is 0 Å². The molecule has 0 radical (unpaired) electrons. The third-order valence-corrected chi connectivity index (χ3v) is 2.67. The molecule has 0 aliphatic heterocycles. The molecule has 14 heavy (non-hydrogen) atoms. The standard InChI is InChI=1S/C12H12ClN/c1-7-4-8(2)10-6-9(3)14-12(13)11(10)5-7/h4-6H,1-3H3. The summed E-state index contributed by atoms with van der Waals surface area (Å²) in [6.45, 7) is 6.14. The van der Waals surface area contributed by atoms with Crippen LogP contribution in [0.25, 0.3) is 10.8 Å². The van der Waals surface area contributed by atoms with Crippen LogP contribution in [0.5, 0.6) is 0 Å². The number of aryl methyl sites for hydroxylation is 3. The quantitative estimate of drug-likeness (QED) is 0.596. The van der Waals surface area contributed by atoms with E-state index in [1.54, 1.807) is 0 Å². The average Bonchev–Trinajstić information content (AvgIpc) is 2.07. The molecule has 2 heteroatoms. The van der Waals surface area contributed by atoms with Crippen LogP contribution in [0, 0.1) is 20.8 Å². The van der Waals surface area contributed by atoms with Crippen molar-refractivity contribution in [1.82, 2.24) is 4.98 Å². The van der Waals surface area contributed by atoms with Gasteiger partial charge in [-0.25, -0.2) is 4.98 Å². The van der Waals surface area contributed by atoms with Gasteiger partial charge in [0.15, 0.2) is 0 Å². The molecule has 0 atom stereocenters. The molecular weight excluding hydrogens is 194 g/mol. The molecule has 1 aromatic heterocycles. The second kappa shape index (κ2) is 3.25. The zero-order valence-corrected chi connectivity index (χ0v) is 9.31. The van der Waals surface area contributed by atoms with Crippen LogP contribution in [0.1, 0.15) is 16.8 Å². The largest absolute Gasteiger partial charge is 0.241 e. The molecule has 0 fully saturated rings. The van der Waals surface area contributed by atoms with Gasteiger partial charge in [-0.15, -0.1) is 0 Å². The summed E-state index contributed by atoms with van der Waals surface area (Å²) < 4.78 is 0. The number of pyridine rings is 1. The molecule has 72 valence electrons. The summed E-state index contributed by atoms with van der Waals surface area (Å²) in [5, 5.41) is 2.86. The molecule has 0 N–H and O–H groups in total. The van der Waals surface area contributed by atoms with E-state index in [1.807, 2.05) is 6.92 Å². The molecule has 0 bridgehead atoms. The predicted molar refractivity (Wildman–Crippen MR) is 61.0 cm³/mol. The van der Waals surface area contributed by atoms with Crippen LogP contribution >= 0.6 is 11.6 Å². The predicted octanol–water partition coefficient (Wildman–Crippen LogP) is 3.81. The Morgan fingerprint density at radius 1 is 1.00 bits per heavy atom. The molecule has 1 heterocycles. The Balaban J connectivity index is 2.94. The minimum absolute atomic E-state index is 0.604. The highest BCUT2D eigenvalue weighted by Gasteiger charge is 2.04. The van der Waals surface area contributed by atoms with E-state index in [0.29, 0.717) is 5.15 Å². The minimum Gasteiger partial charge on any atom is -0.241 e. The van der Waals surface area contributed by atoms with Gasteiger partial charge in [0.2, 0.25) is 0 Å². The highest BCUT2D eigenvalue weighted by Crippen LogP contribution is 2.26. The van der Waals surface area contributed by atoms with Crippen LogP contribution in [-0.2, 0) is 0 Å². The zero-order chi connectivity index (χ0) is 10.3. The monoisotopic (exact) mass is 205 g/mol. The first kappa shape index (κ1) is 9.47. The van der Waals surface area contributed by atoms with Gasteiger partial charge in [0, 0.05) is 11.1 Å². The van der Waals surface area contributed by atoms with Crippen molar-refractivity contribution in [1.29, 1.82) is 0 Å². The van der Waals surface area contributed by atoms with Gasteiger partial charge in [0.25, 0.3) is 0 Å². The topological polar surface area (TPSA) is 12.9 Å². The smallest absolute Gasteiger partial charge is 0.137 e. The number of hydrogen-bond donors (Lipinski definition) is 0. The van der Waals surface area contributed by atoms with E-state index in [4.69, 9.17) is 11.6 Å². The molecule has 0 amide bonds. The molecule has 0 spiro atoms. The third-order valence-electron chi connectivity index (χ3n) is 2.38. The Bertz CT molecular complexity index is 456. The molecule has 0 aliphatic rings.